The smallest absolute Gasteiger partial charge is 0.159 e. The number of aliphatic hydroxyl groups is 2. The molecule has 0 bridgehead atoms. The molecule has 2 heterocycles. The van der Waals surface area contributed by atoms with Gasteiger partial charge in [-0.15, -0.1) is 0 Å². The fourth-order valence-corrected chi connectivity index (χ4v) is 3.58. The van der Waals surface area contributed by atoms with Crippen LogP contribution in [0.15, 0.2) is 4.99 Å². The van der Waals surface area contributed by atoms with Gasteiger partial charge in [0.1, 0.15) is 17.6 Å². The number of aliphatic imine (C=N–C) groups is 1. The summed E-state index contributed by atoms with van der Waals surface area (Å²) < 4.78 is 19.8. The minimum atomic E-state index is -1.45. The molecule has 0 amide bonds. The summed E-state index contributed by atoms with van der Waals surface area (Å²) in [6, 6.07) is -0.591. The van der Waals surface area contributed by atoms with Crippen molar-refractivity contribution in [1.29, 1.82) is 0 Å². The van der Waals surface area contributed by atoms with Crippen molar-refractivity contribution in [1.82, 2.24) is 5.32 Å². The number of hydrogen-bond donors (Lipinski definition) is 3. The Bertz CT molecular complexity index is 366. The number of halogens is 1. The molecule has 7 heteroatoms. The molecule has 0 spiro atoms. The molecule has 1 saturated carbocycles. The van der Waals surface area contributed by atoms with E-state index in [1.165, 1.54) is 11.8 Å². The lowest BCUT2D eigenvalue weighted by molar-refractivity contribution is -0.174. The Balaban J connectivity index is 1.75. The molecule has 0 aromatic carbocycles. The van der Waals surface area contributed by atoms with Crippen molar-refractivity contribution in [3.63, 3.8) is 0 Å². The summed E-state index contributed by atoms with van der Waals surface area (Å²) in [6.45, 7) is 0. The van der Waals surface area contributed by atoms with Crippen molar-refractivity contribution >= 4 is 16.9 Å². The van der Waals surface area contributed by atoms with Gasteiger partial charge in [-0.25, -0.2) is 4.39 Å². The lowest BCUT2D eigenvalue weighted by Gasteiger charge is -2.39. The summed E-state index contributed by atoms with van der Waals surface area (Å²) >= 11 is 1.31. The normalized spacial score (nSPS) is 47.8. The van der Waals surface area contributed by atoms with Crippen molar-refractivity contribution in [2.45, 2.75) is 48.8 Å². The molecule has 5 nitrogen and oxygen atoms in total. The third-order valence-electron chi connectivity index (χ3n) is 3.75. The van der Waals surface area contributed by atoms with E-state index in [9.17, 15) is 14.6 Å². The molecule has 2 saturated heterocycles. The number of ether oxygens (including phenoxy) is 1. The average Bonchev–Trinajstić information content (AvgIpc) is 3.13. The largest absolute Gasteiger partial charge is 0.390 e. The fourth-order valence-electron chi connectivity index (χ4n) is 2.50. The number of amidine groups is 1. The number of nitrogens with zero attached hydrogens (tertiary/aromatic N) is 1. The van der Waals surface area contributed by atoms with Gasteiger partial charge in [0.15, 0.2) is 11.3 Å². The molecule has 0 aromatic heterocycles. The average molecular weight is 276 g/mol. The van der Waals surface area contributed by atoms with Crippen LogP contribution in [0.1, 0.15) is 12.8 Å². The molecule has 6 atom stereocenters. The first-order valence-electron chi connectivity index (χ1n) is 6.17. The van der Waals surface area contributed by atoms with E-state index in [1.807, 2.05) is 0 Å². The Hall–Kier alpha value is -0.370. The summed E-state index contributed by atoms with van der Waals surface area (Å²) in [5, 5.41) is 23.5. The van der Waals surface area contributed by atoms with Crippen molar-refractivity contribution in [2.75, 3.05) is 7.05 Å². The molecule has 3 fully saturated rings. The van der Waals surface area contributed by atoms with E-state index in [0.717, 1.165) is 12.8 Å². The topological polar surface area (TPSA) is 74.1 Å². The molecule has 3 rings (SSSR count). The maximum Gasteiger partial charge on any atom is 0.159 e. The standard InChI is InChI=1S/C11H17FN2O3S/c1-13-11-14-6-5(12)8(16)9(17-10(6)18-11)7(15)4-2-3-4/h4-10,15-16H,2-3H2,1H3,(H,13,14). The Morgan fingerprint density at radius 3 is 2.89 bits per heavy atom. The molecule has 1 aliphatic carbocycles. The van der Waals surface area contributed by atoms with Crippen LogP contribution in [-0.2, 0) is 4.74 Å². The van der Waals surface area contributed by atoms with Crippen LogP contribution in [0.3, 0.4) is 0 Å². The van der Waals surface area contributed by atoms with Crippen LogP contribution < -0.4 is 5.32 Å². The summed E-state index contributed by atoms with van der Waals surface area (Å²) in [4.78, 5) is 3.97. The number of fused-ring (bicyclic) bond motifs is 1. The van der Waals surface area contributed by atoms with Crippen molar-refractivity contribution in [3.05, 3.63) is 0 Å². The van der Waals surface area contributed by atoms with Gasteiger partial charge in [-0.1, -0.05) is 11.8 Å². The quantitative estimate of drug-likeness (QED) is 0.655. The van der Waals surface area contributed by atoms with E-state index in [0.29, 0.717) is 5.17 Å². The molecule has 18 heavy (non-hydrogen) atoms. The van der Waals surface area contributed by atoms with E-state index < -0.39 is 36.0 Å². The van der Waals surface area contributed by atoms with Crippen LogP contribution in [0.2, 0.25) is 0 Å². The lowest BCUT2D eigenvalue weighted by Crippen LogP contribution is -2.60. The number of thioether (sulfide) groups is 1. The van der Waals surface area contributed by atoms with Crippen LogP contribution in [-0.4, -0.2) is 58.4 Å². The van der Waals surface area contributed by atoms with Crippen molar-refractivity contribution < 1.29 is 19.3 Å². The van der Waals surface area contributed by atoms with Crippen LogP contribution in [0.5, 0.6) is 0 Å². The van der Waals surface area contributed by atoms with Crippen LogP contribution >= 0.6 is 11.8 Å². The highest BCUT2D eigenvalue weighted by Crippen LogP contribution is 2.41. The Kier molecular flexibility index (Phi) is 3.25. The third-order valence-corrected chi connectivity index (χ3v) is 4.91. The van der Waals surface area contributed by atoms with Crippen LogP contribution in [0.4, 0.5) is 4.39 Å². The number of nitrogens with one attached hydrogen (secondary N) is 1. The van der Waals surface area contributed by atoms with Gasteiger partial charge in [0, 0.05) is 7.05 Å². The van der Waals surface area contributed by atoms with Gasteiger partial charge in [-0.2, -0.15) is 0 Å². The number of alkyl halides is 1. The first-order valence-corrected chi connectivity index (χ1v) is 7.05. The zero-order chi connectivity index (χ0) is 12.9. The second-order valence-electron chi connectivity index (χ2n) is 5.05. The second-order valence-corrected chi connectivity index (χ2v) is 6.14. The Morgan fingerprint density at radius 1 is 1.56 bits per heavy atom. The molecule has 2 aliphatic heterocycles. The zero-order valence-corrected chi connectivity index (χ0v) is 10.8. The highest BCUT2D eigenvalue weighted by Gasteiger charge is 2.53. The minimum absolute atomic E-state index is 0.145. The van der Waals surface area contributed by atoms with Crippen molar-refractivity contribution in [2.24, 2.45) is 10.9 Å². The van der Waals surface area contributed by atoms with Gasteiger partial charge in [-0.05, 0) is 18.8 Å². The van der Waals surface area contributed by atoms with E-state index in [4.69, 9.17) is 4.74 Å². The summed E-state index contributed by atoms with van der Waals surface area (Å²) in [7, 11) is 1.62. The number of hydrogen-bond acceptors (Lipinski definition) is 5. The molecule has 0 radical (unpaired) electrons. The first kappa shape index (κ1) is 12.7. The zero-order valence-electron chi connectivity index (χ0n) is 9.99. The van der Waals surface area contributed by atoms with Gasteiger partial charge in [0.25, 0.3) is 0 Å². The Morgan fingerprint density at radius 2 is 2.28 bits per heavy atom. The predicted octanol–water partition coefficient (Wildman–Crippen LogP) is -0.128. The summed E-state index contributed by atoms with van der Waals surface area (Å²) in [6.07, 6.45) is -2.50. The van der Waals surface area contributed by atoms with Crippen LogP contribution in [0.25, 0.3) is 0 Å². The Labute approximate surface area is 109 Å². The molecule has 0 aromatic rings. The molecule has 3 N–H and O–H groups in total. The maximum absolute atomic E-state index is 14.2. The highest BCUT2D eigenvalue weighted by atomic mass is 32.2. The van der Waals surface area contributed by atoms with Crippen LogP contribution in [0, 0.1) is 5.92 Å². The summed E-state index contributed by atoms with van der Waals surface area (Å²) in [5.41, 5.74) is -0.430. The summed E-state index contributed by atoms with van der Waals surface area (Å²) in [5.74, 6) is 0.145. The molecular weight excluding hydrogens is 259 g/mol. The second kappa shape index (κ2) is 4.63. The van der Waals surface area contributed by atoms with Crippen molar-refractivity contribution in [3.8, 4) is 0 Å². The van der Waals surface area contributed by atoms with Gasteiger partial charge in [-0.3, -0.25) is 4.99 Å². The molecular formula is C11H17FN2O3S. The maximum atomic E-state index is 14.2. The SMILES string of the molecule is CN=C1NC2C(OC(C(O)C3CC3)C(O)C2F)S1. The van der Waals surface area contributed by atoms with E-state index >= 15 is 0 Å². The van der Waals surface area contributed by atoms with E-state index in [-0.39, 0.29) is 5.92 Å². The molecule has 6 unspecified atom stereocenters. The monoisotopic (exact) mass is 276 g/mol. The third kappa shape index (κ3) is 2.03. The molecule has 3 aliphatic rings. The van der Waals surface area contributed by atoms with E-state index in [1.54, 1.807) is 7.05 Å². The van der Waals surface area contributed by atoms with Gasteiger partial charge in [0.05, 0.1) is 12.1 Å². The van der Waals surface area contributed by atoms with Gasteiger partial charge < -0.3 is 20.3 Å². The first-order chi connectivity index (χ1) is 8.61. The number of rotatable bonds is 2. The number of aliphatic hydroxyl groups excluding tert-OH is 2. The highest BCUT2D eigenvalue weighted by molar-refractivity contribution is 8.14. The fraction of sp³-hybridized carbons (Fsp3) is 0.909. The minimum Gasteiger partial charge on any atom is -0.390 e. The van der Waals surface area contributed by atoms with Gasteiger partial charge in [0.2, 0.25) is 0 Å². The van der Waals surface area contributed by atoms with E-state index in [2.05, 4.69) is 10.3 Å². The lowest BCUT2D eigenvalue weighted by atomic mass is 9.94. The molecule has 102 valence electrons. The van der Waals surface area contributed by atoms with Gasteiger partial charge >= 0.3 is 0 Å². The predicted molar refractivity (Wildman–Crippen MR) is 66.2 cm³/mol.